The molecule has 1 aromatic rings. The average Bonchev–Trinajstić information content (AvgIpc) is 3.20. The highest BCUT2D eigenvalue weighted by Gasteiger charge is 2.31. The molecule has 1 aliphatic carbocycles. The van der Waals surface area contributed by atoms with Crippen LogP contribution >= 0.6 is 11.6 Å². The van der Waals surface area contributed by atoms with Crippen LogP contribution in [0.3, 0.4) is 0 Å². The topological polar surface area (TPSA) is 56.7 Å². The molecule has 5 nitrogen and oxygen atoms in total. The molecule has 1 saturated heterocycles. The van der Waals surface area contributed by atoms with Crippen LogP contribution in [0.4, 0.5) is 0 Å². The maximum atomic E-state index is 12.7. The Morgan fingerprint density at radius 1 is 1.18 bits per heavy atom. The van der Waals surface area contributed by atoms with Crippen LogP contribution in [-0.2, 0) is 11.2 Å². The van der Waals surface area contributed by atoms with Crippen molar-refractivity contribution in [3.8, 4) is 0 Å². The van der Waals surface area contributed by atoms with Gasteiger partial charge in [-0.15, -0.1) is 0 Å². The minimum absolute atomic E-state index is 0.262. The summed E-state index contributed by atoms with van der Waals surface area (Å²) in [6, 6.07) is 8.31. The van der Waals surface area contributed by atoms with E-state index >= 15 is 0 Å². The van der Waals surface area contributed by atoms with Crippen molar-refractivity contribution in [2.45, 2.75) is 57.4 Å². The number of nitrogens with one attached hydrogen (secondary N) is 2. The highest BCUT2D eigenvalue weighted by molar-refractivity contribution is 6.30. The summed E-state index contributed by atoms with van der Waals surface area (Å²) >= 11 is 5.93. The molecule has 3 rings (SSSR count). The van der Waals surface area contributed by atoms with E-state index in [4.69, 9.17) is 11.6 Å². The number of hydrogen-bond donors (Lipinski definition) is 2. The van der Waals surface area contributed by atoms with Gasteiger partial charge in [0.1, 0.15) is 0 Å². The van der Waals surface area contributed by atoms with Crippen LogP contribution in [-0.4, -0.2) is 49.5 Å². The van der Waals surface area contributed by atoms with E-state index in [9.17, 15) is 4.79 Å². The van der Waals surface area contributed by atoms with Crippen LogP contribution in [0.25, 0.3) is 0 Å². The second-order valence-corrected chi connectivity index (χ2v) is 8.41. The zero-order valence-electron chi connectivity index (χ0n) is 16.9. The Hall–Kier alpha value is -1.75. The van der Waals surface area contributed by atoms with Crippen LogP contribution in [0.15, 0.2) is 29.3 Å². The predicted octanol–water partition coefficient (Wildman–Crippen LogP) is 3.62. The Morgan fingerprint density at radius 2 is 1.93 bits per heavy atom. The highest BCUT2D eigenvalue weighted by atomic mass is 35.5. The van der Waals surface area contributed by atoms with Crippen LogP contribution in [0.2, 0.25) is 5.02 Å². The SMILES string of the molecule is CN=C(NCCCc1ccc(Cl)cc1)NC1CCN(C(=O)C2CCCCC2)C1. The van der Waals surface area contributed by atoms with Gasteiger partial charge in [-0.25, -0.2) is 0 Å². The zero-order valence-corrected chi connectivity index (χ0v) is 17.7. The van der Waals surface area contributed by atoms with Crippen LogP contribution in [0.5, 0.6) is 0 Å². The molecule has 154 valence electrons. The number of likely N-dealkylation sites (tertiary alicyclic amines) is 1. The molecule has 1 aliphatic heterocycles. The van der Waals surface area contributed by atoms with Gasteiger partial charge in [0, 0.05) is 43.7 Å². The summed E-state index contributed by atoms with van der Waals surface area (Å²) in [4.78, 5) is 19.1. The minimum atomic E-state index is 0.262. The Balaban J connectivity index is 1.36. The molecule has 1 unspecified atom stereocenters. The number of nitrogens with zero attached hydrogens (tertiary/aromatic N) is 2. The fourth-order valence-electron chi connectivity index (χ4n) is 4.22. The molecule has 1 atom stereocenters. The fourth-order valence-corrected chi connectivity index (χ4v) is 4.35. The molecule has 1 aromatic carbocycles. The third-order valence-electron chi connectivity index (χ3n) is 5.87. The molecule has 28 heavy (non-hydrogen) atoms. The van der Waals surface area contributed by atoms with Gasteiger partial charge in [-0.3, -0.25) is 9.79 Å². The van der Waals surface area contributed by atoms with Gasteiger partial charge in [-0.1, -0.05) is 43.0 Å². The molecular weight excluding hydrogens is 372 g/mol. The number of halogens is 1. The van der Waals surface area contributed by atoms with Crippen molar-refractivity contribution >= 4 is 23.5 Å². The molecule has 1 amide bonds. The first-order chi connectivity index (χ1) is 13.7. The number of hydrogen-bond acceptors (Lipinski definition) is 2. The zero-order chi connectivity index (χ0) is 19.8. The average molecular weight is 405 g/mol. The molecule has 0 spiro atoms. The van der Waals surface area contributed by atoms with E-state index in [0.29, 0.717) is 5.91 Å². The van der Waals surface area contributed by atoms with Gasteiger partial charge >= 0.3 is 0 Å². The Bertz CT molecular complexity index is 655. The lowest BCUT2D eigenvalue weighted by atomic mass is 9.88. The van der Waals surface area contributed by atoms with E-state index in [2.05, 4.69) is 32.7 Å². The maximum absolute atomic E-state index is 12.7. The smallest absolute Gasteiger partial charge is 0.225 e. The van der Waals surface area contributed by atoms with Gasteiger partial charge in [0.05, 0.1) is 0 Å². The van der Waals surface area contributed by atoms with E-state index in [1.807, 2.05) is 12.1 Å². The molecule has 0 radical (unpaired) electrons. The lowest BCUT2D eigenvalue weighted by Gasteiger charge is -2.26. The number of aliphatic imine (C=N–C) groups is 1. The summed E-state index contributed by atoms with van der Waals surface area (Å²) < 4.78 is 0. The van der Waals surface area contributed by atoms with Gasteiger partial charge in [0.2, 0.25) is 5.91 Å². The number of carbonyl (C=O) groups excluding carboxylic acids is 1. The molecule has 1 saturated carbocycles. The van der Waals surface area contributed by atoms with E-state index in [1.165, 1.54) is 24.8 Å². The summed E-state index contributed by atoms with van der Waals surface area (Å²) in [5.41, 5.74) is 1.29. The van der Waals surface area contributed by atoms with Crippen LogP contribution < -0.4 is 10.6 Å². The van der Waals surface area contributed by atoms with Crippen molar-refractivity contribution in [3.05, 3.63) is 34.9 Å². The number of carbonyl (C=O) groups is 1. The minimum Gasteiger partial charge on any atom is -0.356 e. The second kappa shape index (κ2) is 10.7. The molecule has 2 fully saturated rings. The van der Waals surface area contributed by atoms with Crippen LogP contribution in [0.1, 0.15) is 50.5 Å². The van der Waals surface area contributed by atoms with Gasteiger partial charge < -0.3 is 15.5 Å². The van der Waals surface area contributed by atoms with Gasteiger partial charge in [-0.05, 0) is 49.8 Å². The van der Waals surface area contributed by atoms with Crippen molar-refractivity contribution in [1.82, 2.24) is 15.5 Å². The first-order valence-corrected chi connectivity index (χ1v) is 11.0. The molecule has 0 aromatic heterocycles. The Morgan fingerprint density at radius 3 is 2.64 bits per heavy atom. The van der Waals surface area contributed by atoms with E-state index in [1.54, 1.807) is 7.05 Å². The second-order valence-electron chi connectivity index (χ2n) is 7.98. The standard InChI is InChI=1S/C22H33ClN4O/c1-24-22(25-14-5-6-17-9-11-19(23)12-10-17)26-20-13-15-27(16-20)21(28)18-7-3-2-4-8-18/h9-12,18,20H,2-8,13-16H2,1H3,(H2,24,25,26). The fraction of sp³-hybridized carbons (Fsp3) is 0.636. The number of rotatable bonds is 6. The Labute approximate surface area is 173 Å². The van der Waals surface area contributed by atoms with E-state index in [-0.39, 0.29) is 12.0 Å². The van der Waals surface area contributed by atoms with Crippen molar-refractivity contribution < 1.29 is 4.79 Å². The molecule has 0 bridgehead atoms. The van der Waals surface area contributed by atoms with E-state index < -0.39 is 0 Å². The largest absolute Gasteiger partial charge is 0.356 e. The maximum Gasteiger partial charge on any atom is 0.225 e. The molecular formula is C22H33ClN4O. The number of aryl methyl sites for hydroxylation is 1. The highest BCUT2D eigenvalue weighted by Crippen LogP contribution is 2.26. The lowest BCUT2D eigenvalue weighted by Crippen LogP contribution is -2.45. The van der Waals surface area contributed by atoms with Crippen molar-refractivity contribution in [2.75, 3.05) is 26.7 Å². The van der Waals surface area contributed by atoms with Crippen molar-refractivity contribution in [2.24, 2.45) is 10.9 Å². The van der Waals surface area contributed by atoms with E-state index in [0.717, 1.165) is 62.7 Å². The monoisotopic (exact) mass is 404 g/mol. The number of amides is 1. The Kier molecular flexibility index (Phi) is 8.01. The molecule has 2 N–H and O–H groups in total. The van der Waals surface area contributed by atoms with Crippen molar-refractivity contribution in [3.63, 3.8) is 0 Å². The van der Waals surface area contributed by atoms with Crippen LogP contribution in [0, 0.1) is 5.92 Å². The first-order valence-electron chi connectivity index (χ1n) is 10.7. The van der Waals surface area contributed by atoms with Gasteiger partial charge in [-0.2, -0.15) is 0 Å². The summed E-state index contributed by atoms with van der Waals surface area (Å²) in [5.74, 6) is 1.46. The summed E-state index contributed by atoms with van der Waals surface area (Å²) in [5, 5.41) is 7.66. The quantitative estimate of drug-likeness (QED) is 0.432. The van der Waals surface area contributed by atoms with Crippen molar-refractivity contribution in [1.29, 1.82) is 0 Å². The summed E-state index contributed by atoms with van der Waals surface area (Å²) in [7, 11) is 1.80. The normalized spacial score (nSPS) is 21.0. The van der Waals surface area contributed by atoms with Gasteiger partial charge in [0.15, 0.2) is 5.96 Å². The first kappa shape index (κ1) is 21.0. The predicted molar refractivity (Wildman–Crippen MR) is 116 cm³/mol. The third-order valence-corrected chi connectivity index (χ3v) is 6.12. The number of guanidine groups is 1. The lowest BCUT2D eigenvalue weighted by molar-refractivity contribution is -0.135. The van der Waals surface area contributed by atoms with Gasteiger partial charge in [0.25, 0.3) is 0 Å². The number of benzene rings is 1. The molecule has 2 aliphatic rings. The summed E-state index contributed by atoms with van der Waals surface area (Å²) in [6.07, 6.45) is 8.87. The summed E-state index contributed by atoms with van der Waals surface area (Å²) in [6.45, 7) is 2.51. The molecule has 6 heteroatoms. The molecule has 1 heterocycles. The third kappa shape index (κ3) is 6.13.